The van der Waals surface area contributed by atoms with E-state index in [0.29, 0.717) is 59.3 Å². The van der Waals surface area contributed by atoms with Gasteiger partial charge in [-0.1, -0.05) is 36.4 Å². The molecular weight excluding hydrogens is 579 g/mol. The lowest BCUT2D eigenvalue weighted by Gasteiger charge is -2.43. The first-order valence-corrected chi connectivity index (χ1v) is 17.9. The fourth-order valence-corrected chi connectivity index (χ4v) is 8.38. The predicted molar refractivity (Wildman–Crippen MR) is 167 cm³/mol. The van der Waals surface area contributed by atoms with Gasteiger partial charge in [-0.15, -0.1) is 5.10 Å². The van der Waals surface area contributed by atoms with Crippen LogP contribution < -0.4 is 14.4 Å². The van der Waals surface area contributed by atoms with Crippen LogP contribution in [0.5, 0.6) is 17.2 Å². The third-order valence-corrected chi connectivity index (χ3v) is 11.0. The van der Waals surface area contributed by atoms with Crippen molar-refractivity contribution in [1.29, 1.82) is 0 Å². The summed E-state index contributed by atoms with van der Waals surface area (Å²) < 4.78 is 36.6. The summed E-state index contributed by atoms with van der Waals surface area (Å²) in [6.45, 7) is 5.95. The number of anilines is 2. The van der Waals surface area contributed by atoms with Gasteiger partial charge in [-0.05, 0) is 62.0 Å². The van der Waals surface area contributed by atoms with Gasteiger partial charge in [0, 0.05) is 49.9 Å². The number of aryl methyl sites for hydroxylation is 1. The average molecular weight is 617 g/mol. The van der Waals surface area contributed by atoms with Crippen LogP contribution in [0.4, 0.5) is 15.5 Å². The van der Waals surface area contributed by atoms with E-state index in [1.807, 2.05) is 61.5 Å². The molecule has 11 heteroatoms. The number of fused-ring (bicyclic) bond motifs is 3. The first-order valence-electron chi connectivity index (χ1n) is 14.9. The molecule has 2 aliphatic heterocycles. The van der Waals surface area contributed by atoms with Gasteiger partial charge >= 0.3 is 0 Å². The van der Waals surface area contributed by atoms with Crippen LogP contribution in [-0.2, 0) is 17.7 Å². The van der Waals surface area contributed by atoms with Crippen LogP contribution in [-0.4, -0.2) is 54.2 Å². The molecule has 1 amide bonds. The minimum atomic E-state index is -3.22. The summed E-state index contributed by atoms with van der Waals surface area (Å²) in [5.74, 6) is 1.31. The summed E-state index contributed by atoms with van der Waals surface area (Å²) in [5, 5.41) is 17.5. The number of para-hydroxylation sites is 3. The predicted octanol–water partition coefficient (Wildman–Crippen LogP) is 6.62. The Morgan fingerprint density at radius 1 is 1.07 bits per heavy atom. The maximum Gasteiger partial charge on any atom is 0.266 e. The van der Waals surface area contributed by atoms with Crippen LogP contribution in [0.1, 0.15) is 41.1 Å². The Bertz CT molecular complexity index is 1660. The van der Waals surface area contributed by atoms with E-state index in [-0.39, 0.29) is 30.1 Å². The number of nitrogens with zero attached hydrogens (tertiary/aromatic N) is 4. The molecule has 2 aliphatic rings. The van der Waals surface area contributed by atoms with Crippen LogP contribution in [0.15, 0.2) is 72.9 Å². The Hall–Kier alpha value is -4.06. The first-order chi connectivity index (χ1) is 21.2. The van der Waals surface area contributed by atoms with E-state index >= 15 is 4.11 Å². The van der Waals surface area contributed by atoms with Gasteiger partial charge in [-0.3, -0.25) is 14.4 Å². The summed E-state index contributed by atoms with van der Waals surface area (Å²) >= 11 is 0. The molecule has 3 aromatic carbocycles. The van der Waals surface area contributed by atoms with Crippen molar-refractivity contribution < 1.29 is 28.2 Å². The maximum absolute atomic E-state index is 16.0. The monoisotopic (exact) mass is 616 g/mol. The van der Waals surface area contributed by atoms with E-state index in [1.54, 1.807) is 48.1 Å². The van der Waals surface area contributed by atoms with E-state index in [0.717, 1.165) is 5.56 Å². The number of rotatable bonds is 9. The highest BCUT2D eigenvalue weighted by Gasteiger charge is 2.47. The topological polar surface area (TPSA) is 98.9 Å². The maximum atomic E-state index is 16.0. The molecule has 230 valence electrons. The van der Waals surface area contributed by atoms with Crippen molar-refractivity contribution in [2.75, 3.05) is 18.6 Å². The second-order valence-electron chi connectivity index (χ2n) is 11.9. The molecule has 0 saturated carbocycles. The number of hydrogen-bond acceptors (Lipinski definition) is 7. The van der Waals surface area contributed by atoms with Gasteiger partial charge in [0.1, 0.15) is 17.6 Å². The Morgan fingerprint density at radius 3 is 2.57 bits per heavy atom. The SMILES string of the molecule is CO[C@@H]1c2cc(N3C(=O)c4ccccc4Oc4ccccc43)ccc2O[C@H](C(CCn2cc(CCO)nn2)[Si](C)(C)F)[C@H]1C. The van der Waals surface area contributed by atoms with Crippen LogP contribution in [0.3, 0.4) is 0 Å². The molecule has 9 nitrogen and oxygen atoms in total. The normalized spacial score (nSPS) is 20.1. The molecule has 1 aromatic heterocycles. The summed E-state index contributed by atoms with van der Waals surface area (Å²) in [7, 11) is -1.56. The van der Waals surface area contributed by atoms with Crippen LogP contribution in [0.25, 0.3) is 0 Å². The van der Waals surface area contributed by atoms with Crippen LogP contribution >= 0.6 is 0 Å². The van der Waals surface area contributed by atoms with Gasteiger partial charge in [0.05, 0.1) is 28.7 Å². The van der Waals surface area contributed by atoms with E-state index < -0.39 is 14.5 Å². The van der Waals surface area contributed by atoms with Crippen molar-refractivity contribution in [2.45, 2.75) is 57.2 Å². The number of carbonyl (C=O) groups excluding carboxylic acids is 1. The Kier molecular flexibility index (Phi) is 8.27. The number of hydrogen-bond donors (Lipinski definition) is 1. The van der Waals surface area contributed by atoms with E-state index in [4.69, 9.17) is 14.2 Å². The molecule has 1 unspecified atom stereocenters. The second kappa shape index (κ2) is 12.1. The van der Waals surface area contributed by atoms with Crippen molar-refractivity contribution in [2.24, 2.45) is 5.92 Å². The number of benzene rings is 3. The fourth-order valence-electron chi connectivity index (χ4n) is 6.42. The largest absolute Gasteiger partial charge is 0.490 e. The number of methoxy groups -OCH3 is 1. The van der Waals surface area contributed by atoms with Crippen LogP contribution in [0, 0.1) is 5.92 Å². The zero-order valence-electron chi connectivity index (χ0n) is 25.3. The average Bonchev–Trinajstić information content (AvgIpc) is 3.40. The molecule has 0 aliphatic carbocycles. The highest BCUT2D eigenvalue weighted by Crippen LogP contribution is 2.50. The summed E-state index contributed by atoms with van der Waals surface area (Å²) in [6, 6.07) is 20.3. The number of aliphatic hydroxyl groups is 1. The van der Waals surface area contributed by atoms with Crippen molar-refractivity contribution in [3.63, 3.8) is 0 Å². The first kappa shape index (κ1) is 30.0. The van der Waals surface area contributed by atoms with E-state index in [2.05, 4.69) is 10.3 Å². The Labute approximate surface area is 257 Å². The zero-order chi connectivity index (χ0) is 31.0. The summed E-state index contributed by atoms with van der Waals surface area (Å²) in [4.78, 5) is 15.6. The van der Waals surface area contributed by atoms with Gasteiger partial charge in [-0.25, -0.2) is 0 Å². The molecule has 0 saturated heterocycles. The Morgan fingerprint density at radius 2 is 1.82 bits per heavy atom. The minimum Gasteiger partial charge on any atom is -0.490 e. The molecule has 0 radical (unpaired) electrons. The number of halogens is 1. The molecule has 4 aromatic rings. The molecule has 0 bridgehead atoms. The summed E-state index contributed by atoms with van der Waals surface area (Å²) in [5.41, 5.74) is 2.90. The Balaban J connectivity index is 1.33. The molecule has 3 heterocycles. The van der Waals surface area contributed by atoms with Crippen LogP contribution in [0.2, 0.25) is 18.6 Å². The lowest BCUT2D eigenvalue weighted by molar-refractivity contribution is -0.0242. The van der Waals surface area contributed by atoms with Gasteiger partial charge < -0.3 is 23.4 Å². The molecular formula is C33H37FN4O5Si. The van der Waals surface area contributed by atoms with Gasteiger partial charge in [0.2, 0.25) is 8.41 Å². The summed E-state index contributed by atoms with van der Waals surface area (Å²) in [6.07, 6.45) is 1.94. The fraction of sp³-hybridized carbons (Fsp3) is 0.364. The molecule has 44 heavy (non-hydrogen) atoms. The molecule has 6 rings (SSSR count). The molecule has 0 spiro atoms. The number of carbonyl (C=O) groups is 1. The van der Waals surface area contributed by atoms with E-state index in [9.17, 15) is 9.90 Å². The third kappa shape index (κ3) is 5.62. The number of ether oxygens (including phenoxy) is 3. The smallest absolute Gasteiger partial charge is 0.266 e. The molecule has 1 N–H and O–H groups in total. The third-order valence-electron chi connectivity index (χ3n) is 8.62. The number of aliphatic hydroxyl groups excluding tert-OH is 1. The van der Waals surface area contributed by atoms with Crippen molar-refractivity contribution in [3.8, 4) is 17.2 Å². The lowest BCUT2D eigenvalue weighted by Crippen LogP contribution is -2.46. The number of amides is 1. The standard InChI is InChI=1S/C33H37FN4O5Si/c1-21-31(41-2)25-19-23(38-26-10-6-8-12-29(26)42-27-11-7-5-9-24(27)33(38)40)13-14-28(25)43-32(21)30(44(3,4)34)15-17-37-20-22(16-18-39)35-36-37/h5-14,19-21,30-32,39H,15-18H2,1-4H3/t21-,30?,31-,32-/m0/s1. The highest BCUT2D eigenvalue weighted by atomic mass is 28.4. The highest BCUT2D eigenvalue weighted by molar-refractivity contribution is 6.72. The second-order valence-corrected chi connectivity index (χ2v) is 15.8. The molecule has 0 fully saturated rings. The lowest BCUT2D eigenvalue weighted by atomic mass is 9.86. The minimum absolute atomic E-state index is 0.00178. The van der Waals surface area contributed by atoms with Gasteiger partial charge in [0.15, 0.2) is 5.75 Å². The van der Waals surface area contributed by atoms with Crippen molar-refractivity contribution >= 4 is 25.7 Å². The number of aromatic nitrogens is 3. The zero-order valence-corrected chi connectivity index (χ0v) is 26.3. The van der Waals surface area contributed by atoms with Gasteiger partial charge in [-0.2, -0.15) is 0 Å². The van der Waals surface area contributed by atoms with Crippen molar-refractivity contribution in [3.05, 3.63) is 89.7 Å². The van der Waals surface area contributed by atoms with E-state index in [1.165, 1.54) is 0 Å². The van der Waals surface area contributed by atoms with Crippen molar-refractivity contribution in [1.82, 2.24) is 15.0 Å². The van der Waals surface area contributed by atoms with Gasteiger partial charge in [0.25, 0.3) is 5.91 Å². The molecule has 4 atom stereocenters. The quantitative estimate of drug-likeness (QED) is 0.167.